The van der Waals surface area contributed by atoms with Crippen molar-refractivity contribution in [1.29, 1.82) is 0 Å². The van der Waals surface area contributed by atoms with E-state index in [0.717, 1.165) is 27.2 Å². The second-order valence-corrected chi connectivity index (χ2v) is 5.50. The third-order valence-electron chi connectivity index (χ3n) is 3.26. The van der Waals surface area contributed by atoms with Crippen molar-refractivity contribution in [2.75, 3.05) is 19.1 Å². The molecule has 2 rings (SSSR count). The molecule has 0 radical (unpaired) electrons. The van der Waals surface area contributed by atoms with Gasteiger partial charge in [0.25, 0.3) is 0 Å². The normalized spacial score (nSPS) is 12.1. The van der Waals surface area contributed by atoms with E-state index in [4.69, 9.17) is 4.74 Å². The average molecular weight is 336 g/mol. The molecule has 0 saturated heterocycles. The van der Waals surface area contributed by atoms with Gasteiger partial charge in [-0.2, -0.15) is 0 Å². The summed E-state index contributed by atoms with van der Waals surface area (Å²) in [6.07, 6.45) is -0.486. The molecule has 20 heavy (non-hydrogen) atoms. The quantitative estimate of drug-likeness (QED) is 0.905. The zero-order chi connectivity index (χ0) is 14.7. The topological polar surface area (TPSA) is 32.7 Å². The highest BCUT2D eigenvalue weighted by Crippen LogP contribution is 2.32. The molecule has 106 valence electrons. The van der Waals surface area contributed by atoms with Crippen LogP contribution in [0.5, 0.6) is 5.75 Å². The predicted molar refractivity (Wildman–Crippen MR) is 85.8 cm³/mol. The van der Waals surface area contributed by atoms with E-state index in [9.17, 15) is 5.11 Å². The fraction of sp³-hybridized carbons (Fsp3) is 0.250. The minimum absolute atomic E-state index is 0.486. The molecule has 0 bridgehead atoms. The molecule has 4 heteroatoms. The number of rotatable bonds is 4. The first-order valence-electron chi connectivity index (χ1n) is 6.38. The van der Waals surface area contributed by atoms with Crippen LogP contribution in [0, 0.1) is 0 Å². The number of hydrogen-bond donors (Lipinski definition) is 1. The number of aliphatic hydroxyl groups excluding tert-OH is 1. The van der Waals surface area contributed by atoms with Crippen LogP contribution in [0.1, 0.15) is 18.6 Å². The Hall–Kier alpha value is -1.52. The molecule has 0 spiro atoms. The smallest absolute Gasteiger partial charge is 0.120 e. The van der Waals surface area contributed by atoms with Gasteiger partial charge in [0.1, 0.15) is 5.75 Å². The first-order valence-corrected chi connectivity index (χ1v) is 7.17. The van der Waals surface area contributed by atoms with Gasteiger partial charge in [0.05, 0.1) is 13.2 Å². The highest BCUT2D eigenvalue weighted by molar-refractivity contribution is 9.10. The molecular weight excluding hydrogens is 318 g/mol. The zero-order valence-corrected chi connectivity index (χ0v) is 13.4. The molecular formula is C16H18BrNO2. The Kier molecular flexibility index (Phi) is 4.68. The molecule has 0 aromatic heterocycles. The van der Waals surface area contributed by atoms with Crippen LogP contribution in [-0.4, -0.2) is 19.3 Å². The Balaban J connectivity index is 2.33. The fourth-order valence-electron chi connectivity index (χ4n) is 2.03. The van der Waals surface area contributed by atoms with Gasteiger partial charge in [0, 0.05) is 29.0 Å². The van der Waals surface area contributed by atoms with E-state index in [1.807, 2.05) is 49.5 Å². The average Bonchev–Trinajstić information content (AvgIpc) is 2.46. The van der Waals surface area contributed by atoms with Crippen LogP contribution in [0.15, 0.2) is 46.9 Å². The number of nitrogens with zero attached hydrogens (tertiary/aromatic N) is 1. The third-order valence-corrected chi connectivity index (χ3v) is 3.95. The highest BCUT2D eigenvalue weighted by Gasteiger charge is 2.10. The molecule has 0 saturated carbocycles. The van der Waals surface area contributed by atoms with Gasteiger partial charge in [-0.1, -0.05) is 28.1 Å². The molecule has 3 nitrogen and oxygen atoms in total. The lowest BCUT2D eigenvalue weighted by molar-refractivity contribution is 0.198. The van der Waals surface area contributed by atoms with E-state index in [1.165, 1.54) is 0 Å². The molecule has 0 heterocycles. The third kappa shape index (κ3) is 3.14. The van der Waals surface area contributed by atoms with Gasteiger partial charge in [-0.3, -0.25) is 0 Å². The molecule has 2 aromatic rings. The van der Waals surface area contributed by atoms with Crippen molar-refractivity contribution < 1.29 is 9.84 Å². The van der Waals surface area contributed by atoms with Crippen molar-refractivity contribution in [3.8, 4) is 5.75 Å². The molecule has 1 atom stereocenters. The summed E-state index contributed by atoms with van der Waals surface area (Å²) in [6, 6.07) is 13.8. The zero-order valence-electron chi connectivity index (χ0n) is 11.8. The van der Waals surface area contributed by atoms with E-state index in [1.54, 1.807) is 14.0 Å². The molecule has 0 amide bonds. The SMILES string of the molecule is COc1cccc(N(C)c2ccc(C(C)O)c(Br)c2)c1. The van der Waals surface area contributed by atoms with Crippen LogP contribution in [0.25, 0.3) is 0 Å². The summed E-state index contributed by atoms with van der Waals surface area (Å²) in [4.78, 5) is 2.07. The number of hydrogen-bond acceptors (Lipinski definition) is 3. The molecule has 0 fully saturated rings. The first kappa shape index (κ1) is 14.9. The largest absolute Gasteiger partial charge is 0.497 e. The van der Waals surface area contributed by atoms with Gasteiger partial charge in [-0.25, -0.2) is 0 Å². The molecule has 0 aliphatic heterocycles. The number of anilines is 2. The van der Waals surface area contributed by atoms with Crippen molar-refractivity contribution in [3.05, 3.63) is 52.5 Å². The number of methoxy groups -OCH3 is 1. The summed E-state index contributed by atoms with van der Waals surface area (Å²) in [5.41, 5.74) is 2.96. The summed E-state index contributed by atoms with van der Waals surface area (Å²) < 4.78 is 6.15. The molecule has 1 N–H and O–H groups in total. The second kappa shape index (κ2) is 6.29. The van der Waals surface area contributed by atoms with Gasteiger partial charge < -0.3 is 14.7 Å². The van der Waals surface area contributed by atoms with Crippen molar-refractivity contribution in [1.82, 2.24) is 0 Å². The van der Waals surface area contributed by atoms with E-state index in [0.29, 0.717) is 0 Å². The van der Waals surface area contributed by atoms with Gasteiger partial charge in [0.15, 0.2) is 0 Å². The maximum atomic E-state index is 9.66. The maximum absolute atomic E-state index is 9.66. The lowest BCUT2D eigenvalue weighted by Gasteiger charge is -2.21. The Morgan fingerprint density at radius 3 is 2.45 bits per heavy atom. The summed E-state index contributed by atoms with van der Waals surface area (Å²) in [7, 11) is 3.66. The lowest BCUT2D eigenvalue weighted by atomic mass is 10.1. The van der Waals surface area contributed by atoms with Crippen LogP contribution in [-0.2, 0) is 0 Å². The van der Waals surface area contributed by atoms with Crippen LogP contribution in [0.3, 0.4) is 0 Å². The van der Waals surface area contributed by atoms with Crippen molar-refractivity contribution in [2.45, 2.75) is 13.0 Å². The van der Waals surface area contributed by atoms with E-state index < -0.39 is 6.10 Å². The van der Waals surface area contributed by atoms with Gasteiger partial charge >= 0.3 is 0 Å². The van der Waals surface area contributed by atoms with E-state index in [2.05, 4.69) is 20.8 Å². The summed E-state index contributed by atoms with van der Waals surface area (Å²) in [5.74, 6) is 0.828. The van der Waals surface area contributed by atoms with Crippen molar-refractivity contribution in [2.24, 2.45) is 0 Å². The summed E-state index contributed by atoms with van der Waals surface area (Å²) >= 11 is 3.51. The van der Waals surface area contributed by atoms with Gasteiger partial charge in [0.2, 0.25) is 0 Å². The minimum atomic E-state index is -0.486. The minimum Gasteiger partial charge on any atom is -0.497 e. The monoisotopic (exact) mass is 335 g/mol. The number of ether oxygens (including phenoxy) is 1. The number of benzene rings is 2. The van der Waals surface area contributed by atoms with Gasteiger partial charge in [-0.05, 0) is 36.8 Å². The lowest BCUT2D eigenvalue weighted by Crippen LogP contribution is -2.09. The second-order valence-electron chi connectivity index (χ2n) is 4.64. The molecule has 0 aliphatic rings. The van der Waals surface area contributed by atoms with Gasteiger partial charge in [-0.15, -0.1) is 0 Å². The van der Waals surface area contributed by atoms with Crippen LogP contribution in [0.4, 0.5) is 11.4 Å². The Morgan fingerprint density at radius 1 is 1.15 bits per heavy atom. The first-order chi connectivity index (χ1) is 9.52. The molecule has 2 aromatic carbocycles. The highest BCUT2D eigenvalue weighted by atomic mass is 79.9. The molecule has 0 aliphatic carbocycles. The Morgan fingerprint density at radius 2 is 1.85 bits per heavy atom. The predicted octanol–water partition coefficient (Wildman–Crippen LogP) is 4.28. The van der Waals surface area contributed by atoms with E-state index >= 15 is 0 Å². The summed E-state index contributed by atoms with van der Waals surface area (Å²) in [6.45, 7) is 1.76. The summed E-state index contributed by atoms with van der Waals surface area (Å²) in [5, 5.41) is 9.66. The number of halogens is 1. The van der Waals surface area contributed by atoms with Crippen molar-refractivity contribution in [3.63, 3.8) is 0 Å². The van der Waals surface area contributed by atoms with Crippen LogP contribution < -0.4 is 9.64 Å². The fourth-order valence-corrected chi connectivity index (χ4v) is 2.73. The Bertz CT molecular complexity index is 599. The van der Waals surface area contributed by atoms with Crippen LogP contribution >= 0.6 is 15.9 Å². The molecule has 1 unspecified atom stereocenters. The number of aliphatic hydroxyl groups is 1. The van der Waals surface area contributed by atoms with Crippen molar-refractivity contribution >= 4 is 27.3 Å². The standard InChI is InChI=1S/C16H18BrNO2/c1-11(19)15-8-7-13(10-16(15)17)18(2)12-5-4-6-14(9-12)20-3/h4-11,19H,1-3H3. The Labute approximate surface area is 127 Å². The van der Waals surface area contributed by atoms with Crippen LogP contribution in [0.2, 0.25) is 0 Å². The maximum Gasteiger partial charge on any atom is 0.120 e. The van der Waals surface area contributed by atoms with E-state index in [-0.39, 0.29) is 0 Å².